The van der Waals surface area contributed by atoms with Crippen LogP contribution in [0.15, 0.2) is 59.8 Å². The van der Waals surface area contributed by atoms with Crippen molar-refractivity contribution in [2.24, 2.45) is 7.05 Å². The smallest absolute Gasteiger partial charge is 0.333 e. The number of alkyl halides is 2. The van der Waals surface area contributed by atoms with Crippen LogP contribution in [0.3, 0.4) is 0 Å². The Hall–Kier alpha value is -4.18. The molecule has 38 heavy (non-hydrogen) atoms. The molecule has 1 aliphatic heterocycles. The summed E-state index contributed by atoms with van der Waals surface area (Å²) in [4.78, 5) is 28.4. The maximum Gasteiger partial charge on any atom is 0.333 e. The molecule has 0 spiro atoms. The van der Waals surface area contributed by atoms with Crippen LogP contribution in [0.5, 0.6) is 0 Å². The molecule has 0 aliphatic carbocycles. The predicted octanol–water partition coefficient (Wildman–Crippen LogP) is 4.33. The summed E-state index contributed by atoms with van der Waals surface area (Å²) in [5, 5.41) is 11.2. The molecule has 1 fully saturated rings. The highest BCUT2D eigenvalue weighted by Gasteiger charge is 2.44. The van der Waals surface area contributed by atoms with Gasteiger partial charge in [0, 0.05) is 36.0 Å². The number of hydrogen-bond acceptors (Lipinski definition) is 6. The largest absolute Gasteiger partial charge is 0.386 e. The quantitative estimate of drug-likeness (QED) is 0.383. The lowest BCUT2D eigenvalue weighted by Gasteiger charge is -2.39. The van der Waals surface area contributed by atoms with Crippen LogP contribution >= 0.6 is 0 Å². The Morgan fingerprint density at radius 3 is 2.47 bits per heavy atom. The van der Waals surface area contributed by atoms with Crippen molar-refractivity contribution in [3.63, 3.8) is 0 Å². The van der Waals surface area contributed by atoms with Crippen molar-refractivity contribution in [1.29, 1.82) is 0 Å². The number of aryl methyl sites for hydroxylation is 2. The van der Waals surface area contributed by atoms with Gasteiger partial charge in [0.25, 0.3) is 5.92 Å². The van der Waals surface area contributed by atoms with E-state index in [-0.39, 0.29) is 18.8 Å². The second-order valence-corrected chi connectivity index (χ2v) is 10.4. The molecule has 5 heterocycles. The van der Waals surface area contributed by atoms with Crippen molar-refractivity contribution in [2.75, 3.05) is 18.0 Å². The van der Waals surface area contributed by atoms with E-state index >= 15 is 0 Å². The summed E-state index contributed by atoms with van der Waals surface area (Å²) in [6.07, 6.45) is 5.04. The first-order chi connectivity index (χ1) is 17.9. The molecule has 5 aromatic rings. The number of rotatable bonds is 4. The summed E-state index contributed by atoms with van der Waals surface area (Å²) in [7, 11) is 1.69. The van der Waals surface area contributed by atoms with Crippen molar-refractivity contribution in [2.45, 2.75) is 32.3 Å². The van der Waals surface area contributed by atoms with Gasteiger partial charge in [-0.25, -0.2) is 18.6 Å². The topological polar surface area (TPSA) is 89.1 Å². The van der Waals surface area contributed by atoms with E-state index in [0.29, 0.717) is 39.3 Å². The molecular formula is C28H26F2N6O2. The number of hydrogen-bond donors (Lipinski definition) is 1. The van der Waals surface area contributed by atoms with Gasteiger partial charge in [-0.15, -0.1) is 0 Å². The van der Waals surface area contributed by atoms with Crippen LogP contribution in [-0.4, -0.2) is 48.2 Å². The fourth-order valence-electron chi connectivity index (χ4n) is 4.96. The Balaban J connectivity index is 1.54. The number of anilines is 1. The first-order valence-electron chi connectivity index (χ1n) is 12.2. The van der Waals surface area contributed by atoms with Gasteiger partial charge >= 0.3 is 5.69 Å². The minimum Gasteiger partial charge on any atom is -0.386 e. The molecule has 6 rings (SSSR count). The van der Waals surface area contributed by atoms with Gasteiger partial charge in [-0.1, -0.05) is 6.07 Å². The third kappa shape index (κ3) is 3.83. The highest BCUT2D eigenvalue weighted by Crippen LogP contribution is 2.34. The highest BCUT2D eigenvalue weighted by atomic mass is 19.3. The number of benzene rings is 1. The Kier molecular flexibility index (Phi) is 5.19. The lowest BCUT2D eigenvalue weighted by Crippen LogP contribution is -2.56. The molecule has 0 radical (unpaired) electrons. The predicted molar refractivity (Wildman–Crippen MR) is 142 cm³/mol. The summed E-state index contributed by atoms with van der Waals surface area (Å²) >= 11 is 0. The van der Waals surface area contributed by atoms with Crippen LogP contribution in [0, 0.1) is 6.92 Å². The molecule has 8 nitrogen and oxygen atoms in total. The van der Waals surface area contributed by atoms with Gasteiger partial charge in [-0.2, -0.15) is 0 Å². The maximum absolute atomic E-state index is 13.5. The number of nitrogens with zero attached hydrogens (tertiary/aromatic N) is 6. The van der Waals surface area contributed by atoms with Gasteiger partial charge in [0.05, 0.1) is 52.8 Å². The Morgan fingerprint density at radius 2 is 1.79 bits per heavy atom. The number of halogens is 2. The third-order valence-electron chi connectivity index (χ3n) is 7.11. The second kappa shape index (κ2) is 8.16. The molecule has 0 bridgehead atoms. The molecule has 0 amide bonds. The van der Waals surface area contributed by atoms with Crippen molar-refractivity contribution in [3.8, 4) is 16.8 Å². The van der Waals surface area contributed by atoms with E-state index in [4.69, 9.17) is 0 Å². The molecule has 194 valence electrons. The van der Waals surface area contributed by atoms with Crippen LogP contribution in [0.2, 0.25) is 0 Å². The van der Waals surface area contributed by atoms with E-state index in [0.717, 1.165) is 16.5 Å². The molecular weight excluding hydrogens is 490 g/mol. The zero-order valence-corrected chi connectivity index (χ0v) is 21.4. The van der Waals surface area contributed by atoms with Gasteiger partial charge in [-0.05, 0) is 56.7 Å². The van der Waals surface area contributed by atoms with Crippen LogP contribution < -0.4 is 10.6 Å². The first kappa shape index (κ1) is 24.2. The minimum atomic E-state index is -2.70. The van der Waals surface area contributed by atoms with Crippen LogP contribution in [0.25, 0.3) is 38.8 Å². The van der Waals surface area contributed by atoms with E-state index in [9.17, 15) is 18.7 Å². The minimum absolute atomic E-state index is 0.265. The maximum atomic E-state index is 13.5. The van der Waals surface area contributed by atoms with E-state index in [2.05, 4.69) is 15.0 Å². The van der Waals surface area contributed by atoms with Crippen LogP contribution in [-0.2, 0) is 12.6 Å². The molecule has 0 atom stereocenters. The fourth-order valence-corrected chi connectivity index (χ4v) is 4.96. The number of pyridine rings is 3. The van der Waals surface area contributed by atoms with E-state index in [1.165, 1.54) is 9.47 Å². The molecule has 10 heteroatoms. The standard InChI is InChI=1S/C28H26F2N6O2/c1-16-22(7-8-24(33-16)35-14-28(29,30)15-35)36-25-20-10-17(18-9-19(12-31-11-18)27(2,3)38)5-6-21(20)32-13-23(25)34(4)26(36)37/h5-13,38H,14-15H2,1-4H3. The molecule has 0 unspecified atom stereocenters. The Morgan fingerprint density at radius 1 is 1.03 bits per heavy atom. The third-order valence-corrected chi connectivity index (χ3v) is 7.11. The van der Waals surface area contributed by atoms with Gasteiger partial charge in [0.2, 0.25) is 0 Å². The van der Waals surface area contributed by atoms with Gasteiger partial charge in [-0.3, -0.25) is 19.1 Å². The monoisotopic (exact) mass is 516 g/mol. The summed E-state index contributed by atoms with van der Waals surface area (Å²) in [5.41, 5.74) is 4.20. The van der Waals surface area contributed by atoms with Crippen LogP contribution in [0.4, 0.5) is 14.6 Å². The van der Waals surface area contributed by atoms with E-state index in [1.54, 1.807) is 63.1 Å². The molecule has 1 saturated heterocycles. The van der Waals surface area contributed by atoms with E-state index in [1.807, 2.05) is 24.3 Å². The average Bonchev–Trinajstić information content (AvgIpc) is 3.12. The molecule has 4 aromatic heterocycles. The normalized spacial score (nSPS) is 15.3. The average molecular weight is 517 g/mol. The number of aliphatic hydroxyl groups is 1. The van der Waals surface area contributed by atoms with Crippen molar-refractivity contribution >= 4 is 27.8 Å². The van der Waals surface area contributed by atoms with Gasteiger partial charge < -0.3 is 10.0 Å². The summed E-state index contributed by atoms with van der Waals surface area (Å²) in [6.45, 7) is 4.45. The second-order valence-electron chi connectivity index (χ2n) is 10.4. The molecule has 1 aromatic carbocycles. The van der Waals surface area contributed by atoms with Crippen molar-refractivity contribution in [1.82, 2.24) is 24.1 Å². The van der Waals surface area contributed by atoms with Gasteiger partial charge in [0.1, 0.15) is 5.82 Å². The Labute approximate surface area is 216 Å². The highest BCUT2D eigenvalue weighted by molar-refractivity contribution is 6.04. The van der Waals surface area contributed by atoms with Crippen LogP contribution in [0.1, 0.15) is 25.1 Å². The number of aromatic nitrogens is 5. The fraction of sp³-hybridized carbons (Fsp3) is 0.286. The lowest BCUT2D eigenvalue weighted by atomic mass is 9.96. The van der Waals surface area contributed by atoms with E-state index < -0.39 is 11.5 Å². The zero-order chi connectivity index (χ0) is 27.0. The summed E-state index contributed by atoms with van der Waals surface area (Å²) < 4.78 is 29.9. The lowest BCUT2D eigenvalue weighted by molar-refractivity contribution is -0.0267. The number of imidazole rings is 1. The number of fused-ring (bicyclic) bond motifs is 3. The zero-order valence-electron chi connectivity index (χ0n) is 21.4. The van der Waals surface area contributed by atoms with Gasteiger partial charge in [0.15, 0.2) is 0 Å². The van der Waals surface area contributed by atoms with Crippen molar-refractivity contribution in [3.05, 3.63) is 76.7 Å². The Bertz CT molecular complexity index is 1790. The molecule has 0 saturated carbocycles. The summed E-state index contributed by atoms with van der Waals surface area (Å²) in [5.74, 6) is -2.25. The first-order valence-corrected chi connectivity index (χ1v) is 12.2. The molecule has 1 N–H and O–H groups in total. The SMILES string of the molecule is Cc1nc(N2CC(F)(F)C2)ccc1-n1c(=O)n(C)c2cnc3ccc(-c4cncc(C(C)(C)O)c4)cc3c21. The molecule has 1 aliphatic rings. The van der Waals surface area contributed by atoms with Crippen molar-refractivity contribution < 1.29 is 13.9 Å². The summed E-state index contributed by atoms with van der Waals surface area (Å²) in [6, 6.07) is 11.1.